The van der Waals surface area contributed by atoms with E-state index in [0.29, 0.717) is 6.29 Å². The van der Waals surface area contributed by atoms with Gasteiger partial charge in [-0.1, -0.05) is 49.8 Å². The Labute approximate surface area is 97.9 Å². The lowest BCUT2D eigenvalue weighted by Crippen LogP contribution is -1.64. The van der Waals surface area contributed by atoms with Gasteiger partial charge in [-0.3, -0.25) is 4.79 Å². The summed E-state index contributed by atoms with van der Waals surface area (Å²) in [5, 5.41) is 0. The molecule has 1 nitrogen and oxygen atoms in total. The number of aldehydes is 1. The van der Waals surface area contributed by atoms with Gasteiger partial charge in [0, 0.05) is 0 Å². The van der Waals surface area contributed by atoms with E-state index in [4.69, 9.17) is 0 Å². The highest BCUT2D eigenvalue weighted by molar-refractivity contribution is 5.65. The Morgan fingerprint density at radius 3 is 2.31 bits per heavy atom. The Bertz CT molecular complexity index is 375. The van der Waals surface area contributed by atoms with Crippen molar-refractivity contribution in [1.82, 2.24) is 0 Å². The first-order chi connectivity index (χ1) is 7.91. The first-order valence-corrected chi connectivity index (χ1v) is 5.35. The summed E-state index contributed by atoms with van der Waals surface area (Å²) < 4.78 is 0. The van der Waals surface area contributed by atoms with Crippen molar-refractivity contribution in [2.24, 2.45) is 0 Å². The van der Waals surface area contributed by atoms with Gasteiger partial charge >= 0.3 is 0 Å². The summed E-state index contributed by atoms with van der Waals surface area (Å²) in [7, 11) is 0. The molecule has 0 aromatic heterocycles. The van der Waals surface area contributed by atoms with Crippen molar-refractivity contribution in [3.63, 3.8) is 0 Å². The van der Waals surface area contributed by atoms with E-state index in [0.717, 1.165) is 6.42 Å². The van der Waals surface area contributed by atoms with Crippen LogP contribution in [0.25, 0.3) is 0 Å². The molecule has 0 radical (unpaired) electrons. The van der Waals surface area contributed by atoms with E-state index in [-0.39, 0.29) is 0 Å². The molecular weight excluding hydrogens is 196 g/mol. The first kappa shape index (κ1) is 14.0. The average Bonchev–Trinajstić information content (AvgIpc) is 2.31. The molecule has 82 valence electrons. The van der Waals surface area contributed by atoms with E-state index >= 15 is 0 Å². The maximum atomic E-state index is 9.88. The molecule has 0 bridgehead atoms. The molecule has 0 aromatic carbocycles. The van der Waals surface area contributed by atoms with E-state index in [1.807, 2.05) is 12.2 Å². The molecule has 0 aliphatic carbocycles. The van der Waals surface area contributed by atoms with Gasteiger partial charge in [0.2, 0.25) is 0 Å². The van der Waals surface area contributed by atoms with Gasteiger partial charge in [-0.25, -0.2) is 0 Å². The maximum absolute atomic E-state index is 9.88. The number of allylic oxidation sites excluding steroid dienone is 6. The molecule has 0 atom stereocenters. The van der Waals surface area contributed by atoms with Crippen molar-refractivity contribution in [2.45, 2.75) is 26.2 Å². The predicted molar refractivity (Wildman–Crippen MR) is 68.6 cm³/mol. The zero-order valence-corrected chi connectivity index (χ0v) is 9.57. The van der Waals surface area contributed by atoms with E-state index < -0.39 is 0 Å². The summed E-state index contributed by atoms with van der Waals surface area (Å²) in [5.74, 6) is 10.6. The van der Waals surface area contributed by atoms with Crippen molar-refractivity contribution >= 4 is 6.29 Å². The zero-order chi connectivity index (χ0) is 11.9. The largest absolute Gasteiger partial charge is 0.299 e. The van der Waals surface area contributed by atoms with Gasteiger partial charge in [0.25, 0.3) is 0 Å². The first-order valence-electron chi connectivity index (χ1n) is 5.35. The molecule has 1 heteroatoms. The second kappa shape index (κ2) is 13.0. The van der Waals surface area contributed by atoms with Crippen molar-refractivity contribution in [1.29, 1.82) is 0 Å². The van der Waals surface area contributed by atoms with Crippen LogP contribution in [0.2, 0.25) is 0 Å². The normalized spacial score (nSPS) is 10.1. The number of carbonyl (C=O) groups excluding carboxylic acids is 1. The topological polar surface area (TPSA) is 17.1 Å². The summed E-state index contributed by atoms with van der Waals surface area (Å²) in [5.41, 5.74) is 0. The van der Waals surface area contributed by atoms with E-state index in [9.17, 15) is 4.79 Å². The lowest BCUT2D eigenvalue weighted by atomic mass is 10.2. The summed E-state index contributed by atoms with van der Waals surface area (Å²) in [4.78, 5) is 9.88. The summed E-state index contributed by atoms with van der Waals surface area (Å²) in [6, 6.07) is 0. The van der Waals surface area contributed by atoms with Crippen LogP contribution >= 0.6 is 0 Å². The van der Waals surface area contributed by atoms with Crippen LogP contribution in [0, 0.1) is 23.7 Å². The van der Waals surface area contributed by atoms with Crippen LogP contribution in [0.3, 0.4) is 0 Å². The fourth-order valence-corrected chi connectivity index (χ4v) is 0.843. The lowest BCUT2D eigenvalue weighted by Gasteiger charge is -1.84. The third kappa shape index (κ3) is 12.0. The van der Waals surface area contributed by atoms with E-state index in [1.165, 1.54) is 25.0 Å². The molecule has 0 N–H and O–H groups in total. The molecular formula is C15H16O. The van der Waals surface area contributed by atoms with Crippen LogP contribution in [-0.4, -0.2) is 6.29 Å². The molecule has 0 rings (SSSR count). The monoisotopic (exact) mass is 212 g/mol. The lowest BCUT2D eigenvalue weighted by molar-refractivity contribution is -0.104. The summed E-state index contributed by atoms with van der Waals surface area (Å²) in [6.45, 7) is 2.17. The Kier molecular flexibility index (Phi) is 11.4. The van der Waals surface area contributed by atoms with Crippen molar-refractivity contribution in [2.75, 3.05) is 0 Å². The fourth-order valence-electron chi connectivity index (χ4n) is 0.843. The standard InChI is InChI=1S/C15H16O/c1-2-3-4-5-6-7-8-9-10-11-12-13-14-15-16/h5-8,13-15H,2-4H2,1H3. The third-order valence-corrected chi connectivity index (χ3v) is 1.62. The number of hydrogen-bond acceptors (Lipinski definition) is 1. The van der Waals surface area contributed by atoms with Crippen LogP contribution in [0.1, 0.15) is 26.2 Å². The van der Waals surface area contributed by atoms with Crippen LogP contribution < -0.4 is 0 Å². The summed E-state index contributed by atoms with van der Waals surface area (Å²) >= 11 is 0. The predicted octanol–water partition coefficient (Wildman–Crippen LogP) is 3.05. The van der Waals surface area contributed by atoms with Crippen molar-refractivity contribution in [3.8, 4) is 23.7 Å². The molecule has 0 spiro atoms. The van der Waals surface area contributed by atoms with Crippen LogP contribution in [0.4, 0.5) is 0 Å². The average molecular weight is 212 g/mol. The van der Waals surface area contributed by atoms with Gasteiger partial charge in [-0.15, -0.1) is 0 Å². The van der Waals surface area contributed by atoms with Gasteiger partial charge in [0.15, 0.2) is 0 Å². The van der Waals surface area contributed by atoms with E-state index in [1.54, 1.807) is 6.08 Å². The van der Waals surface area contributed by atoms with E-state index in [2.05, 4.69) is 36.7 Å². The third-order valence-electron chi connectivity index (χ3n) is 1.62. The van der Waals surface area contributed by atoms with Crippen LogP contribution in [-0.2, 0) is 4.79 Å². The second-order valence-electron chi connectivity index (χ2n) is 2.96. The molecule has 0 saturated heterocycles. The molecule has 16 heavy (non-hydrogen) atoms. The van der Waals surface area contributed by atoms with Crippen LogP contribution in [0.5, 0.6) is 0 Å². The fraction of sp³-hybridized carbons (Fsp3) is 0.267. The van der Waals surface area contributed by atoms with Gasteiger partial charge in [-0.05, 0) is 36.5 Å². The molecule has 0 aliphatic rings. The number of carbonyl (C=O) groups is 1. The maximum Gasteiger partial charge on any atom is 0.143 e. The molecule has 0 fully saturated rings. The van der Waals surface area contributed by atoms with Crippen molar-refractivity contribution < 1.29 is 4.79 Å². The minimum absolute atomic E-state index is 0.684. The Morgan fingerprint density at radius 2 is 1.69 bits per heavy atom. The van der Waals surface area contributed by atoms with Gasteiger partial charge in [0.05, 0.1) is 0 Å². The smallest absolute Gasteiger partial charge is 0.143 e. The molecule has 0 aromatic rings. The Balaban J connectivity index is 3.77. The van der Waals surface area contributed by atoms with Crippen molar-refractivity contribution in [3.05, 3.63) is 36.5 Å². The minimum atomic E-state index is 0.684. The van der Waals surface area contributed by atoms with Gasteiger partial charge in [0.1, 0.15) is 6.29 Å². The van der Waals surface area contributed by atoms with Gasteiger partial charge in [-0.2, -0.15) is 0 Å². The zero-order valence-electron chi connectivity index (χ0n) is 9.57. The number of rotatable bonds is 5. The molecule has 0 saturated carbocycles. The molecule has 0 heterocycles. The minimum Gasteiger partial charge on any atom is -0.299 e. The van der Waals surface area contributed by atoms with Gasteiger partial charge < -0.3 is 0 Å². The summed E-state index contributed by atoms with van der Waals surface area (Å²) in [6.07, 6.45) is 14.8. The highest BCUT2D eigenvalue weighted by atomic mass is 16.1. The highest BCUT2D eigenvalue weighted by Crippen LogP contribution is 1.94. The Morgan fingerprint density at radius 1 is 1.00 bits per heavy atom. The van der Waals surface area contributed by atoms with Crippen LogP contribution in [0.15, 0.2) is 36.5 Å². The quantitative estimate of drug-likeness (QED) is 0.225. The Hall–Kier alpha value is -1.99. The highest BCUT2D eigenvalue weighted by Gasteiger charge is 1.74. The number of unbranched alkanes of at least 4 members (excludes halogenated alkanes) is 2. The molecule has 0 unspecified atom stereocenters. The SMILES string of the molecule is CCCCC=CC=CC#CC#CC=CC=O. The molecule has 0 aliphatic heterocycles. The second-order valence-corrected chi connectivity index (χ2v) is 2.96. The molecule has 0 amide bonds. The number of hydrogen-bond donors (Lipinski definition) is 0.